The van der Waals surface area contributed by atoms with Gasteiger partial charge in [0.15, 0.2) is 0 Å². The molecule has 5 heteroatoms. The molecule has 2 aliphatic heterocycles. The van der Waals surface area contributed by atoms with E-state index in [9.17, 15) is 4.79 Å². The third-order valence-corrected chi connectivity index (χ3v) is 5.94. The third kappa shape index (κ3) is 3.25. The molecule has 26 heavy (non-hydrogen) atoms. The highest BCUT2D eigenvalue weighted by atomic mass is 16.2. The summed E-state index contributed by atoms with van der Waals surface area (Å²) in [6.07, 6.45) is 4.98. The number of hydrogen-bond acceptors (Lipinski definition) is 3. The van der Waals surface area contributed by atoms with Crippen LogP contribution < -0.4 is 5.32 Å². The Hall–Kier alpha value is -1.88. The standard InChI is InChI=1S/C21H30N4O/c1-15(2)25-18-7-4-3-6-17(18)23-21(25)19-8-5-13-24(19)20(26)10-9-16-11-12-22-14-16/h3-4,6-7,15-16,19,22H,5,8-14H2,1-2H3. The molecule has 0 saturated carbocycles. The van der Waals surface area contributed by atoms with Crippen molar-refractivity contribution in [1.82, 2.24) is 19.8 Å². The summed E-state index contributed by atoms with van der Waals surface area (Å²) in [6.45, 7) is 7.44. The van der Waals surface area contributed by atoms with Gasteiger partial charge in [0.2, 0.25) is 5.91 Å². The van der Waals surface area contributed by atoms with Crippen LogP contribution in [0, 0.1) is 5.92 Å². The second-order valence-corrected chi connectivity index (χ2v) is 8.07. The number of nitrogens with zero attached hydrogens (tertiary/aromatic N) is 3. The summed E-state index contributed by atoms with van der Waals surface area (Å²) < 4.78 is 2.33. The largest absolute Gasteiger partial charge is 0.333 e. The number of nitrogens with one attached hydrogen (secondary N) is 1. The fourth-order valence-electron chi connectivity index (χ4n) is 4.61. The Morgan fingerprint density at radius 2 is 2.15 bits per heavy atom. The van der Waals surface area contributed by atoms with Crippen LogP contribution in [-0.2, 0) is 4.79 Å². The van der Waals surface area contributed by atoms with E-state index < -0.39 is 0 Å². The van der Waals surface area contributed by atoms with E-state index in [1.807, 2.05) is 6.07 Å². The fourth-order valence-corrected chi connectivity index (χ4v) is 4.61. The maximum absolute atomic E-state index is 13.0. The summed E-state index contributed by atoms with van der Waals surface area (Å²) in [5, 5.41) is 3.40. The van der Waals surface area contributed by atoms with Gasteiger partial charge in [-0.25, -0.2) is 4.98 Å². The molecule has 5 nitrogen and oxygen atoms in total. The molecular formula is C21H30N4O. The molecule has 0 bridgehead atoms. The molecule has 1 aromatic heterocycles. The molecule has 2 atom stereocenters. The lowest BCUT2D eigenvalue weighted by Crippen LogP contribution is -2.32. The number of rotatable bonds is 5. The van der Waals surface area contributed by atoms with Gasteiger partial charge in [-0.05, 0) is 70.7 Å². The first kappa shape index (κ1) is 17.5. The van der Waals surface area contributed by atoms with Crippen LogP contribution in [0.1, 0.15) is 63.9 Å². The van der Waals surface area contributed by atoms with Crippen molar-refractivity contribution in [1.29, 1.82) is 0 Å². The summed E-state index contributed by atoms with van der Waals surface area (Å²) in [5.41, 5.74) is 2.21. The minimum atomic E-state index is 0.124. The molecular weight excluding hydrogens is 324 g/mol. The molecule has 1 aromatic carbocycles. The molecule has 2 unspecified atom stereocenters. The molecule has 140 valence electrons. The number of imidazole rings is 1. The van der Waals surface area contributed by atoms with E-state index in [1.54, 1.807) is 0 Å². The van der Waals surface area contributed by atoms with Crippen molar-refractivity contribution in [3.8, 4) is 0 Å². The zero-order valence-corrected chi connectivity index (χ0v) is 15.9. The van der Waals surface area contributed by atoms with Crippen LogP contribution in [0.5, 0.6) is 0 Å². The highest BCUT2D eigenvalue weighted by Gasteiger charge is 2.34. The number of carbonyl (C=O) groups excluding carboxylic acids is 1. The highest BCUT2D eigenvalue weighted by Crippen LogP contribution is 2.35. The van der Waals surface area contributed by atoms with Gasteiger partial charge < -0.3 is 14.8 Å². The predicted octanol–water partition coefficient (Wildman–Crippen LogP) is 3.67. The number of amides is 1. The van der Waals surface area contributed by atoms with Crippen LogP contribution in [0.15, 0.2) is 24.3 Å². The summed E-state index contributed by atoms with van der Waals surface area (Å²) >= 11 is 0. The molecule has 0 radical (unpaired) electrons. The molecule has 1 amide bonds. The smallest absolute Gasteiger partial charge is 0.223 e. The van der Waals surface area contributed by atoms with E-state index in [0.717, 1.165) is 50.2 Å². The van der Waals surface area contributed by atoms with Gasteiger partial charge in [0.25, 0.3) is 0 Å². The van der Waals surface area contributed by atoms with Crippen molar-refractivity contribution in [2.45, 2.75) is 58.0 Å². The summed E-state index contributed by atoms with van der Waals surface area (Å²) in [7, 11) is 0. The monoisotopic (exact) mass is 354 g/mol. The number of hydrogen-bond donors (Lipinski definition) is 1. The first-order chi connectivity index (χ1) is 12.6. The first-order valence-electron chi connectivity index (χ1n) is 10.1. The second-order valence-electron chi connectivity index (χ2n) is 8.07. The van der Waals surface area contributed by atoms with Crippen LogP contribution in [0.25, 0.3) is 11.0 Å². The second kappa shape index (κ2) is 7.39. The predicted molar refractivity (Wildman–Crippen MR) is 104 cm³/mol. The van der Waals surface area contributed by atoms with Crippen molar-refractivity contribution in [3.63, 3.8) is 0 Å². The quantitative estimate of drug-likeness (QED) is 0.891. The van der Waals surface area contributed by atoms with Gasteiger partial charge in [0.05, 0.1) is 17.1 Å². The Morgan fingerprint density at radius 1 is 1.31 bits per heavy atom. The van der Waals surface area contributed by atoms with E-state index >= 15 is 0 Å². The highest BCUT2D eigenvalue weighted by molar-refractivity contribution is 5.78. The zero-order valence-electron chi connectivity index (χ0n) is 15.9. The molecule has 4 rings (SSSR count). The minimum absolute atomic E-state index is 0.124. The molecule has 2 saturated heterocycles. The van der Waals surface area contributed by atoms with Gasteiger partial charge in [0, 0.05) is 19.0 Å². The lowest BCUT2D eigenvalue weighted by Gasteiger charge is -2.26. The van der Waals surface area contributed by atoms with Gasteiger partial charge in [-0.15, -0.1) is 0 Å². The molecule has 2 fully saturated rings. The van der Waals surface area contributed by atoms with Crippen LogP contribution in [0.2, 0.25) is 0 Å². The van der Waals surface area contributed by atoms with Crippen LogP contribution in [0.4, 0.5) is 0 Å². The Bertz CT molecular complexity index is 775. The molecule has 2 aromatic rings. The molecule has 0 spiro atoms. The Morgan fingerprint density at radius 3 is 2.92 bits per heavy atom. The van der Waals surface area contributed by atoms with E-state index in [4.69, 9.17) is 4.98 Å². The summed E-state index contributed by atoms with van der Waals surface area (Å²) in [4.78, 5) is 20.0. The Labute approximate surface area is 155 Å². The Balaban J connectivity index is 1.57. The van der Waals surface area contributed by atoms with Gasteiger partial charge in [-0.2, -0.15) is 0 Å². The summed E-state index contributed by atoms with van der Waals surface area (Å²) in [6, 6.07) is 8.78. The first-order valence-corrected chi connectivity index (χ1v) is 10.1. The van der Waals surface area contributed by atoms with E-state index in [1.165, 1.54) is 11.9 Å². The minimum Gasteiger partial charge on any atom is -0.333 e. The van der Waals surface area contributed by atoms with Crippen molar-refractivity contribution < 1.29 is 4.79 Å². The van der Waals surface area contributed by atoms with Crippen molar-refractivity contribution in [2.75, 3.05) is 19.6 Å². The number of likely N-dealkylation sites (tertiary alicyclic amines) is 1. The van der Waals surface area contributed by atoms with Gasteiger partial charge in [0.1, 0.15) is 5.82 Å². The SMILES string of the molecule is CC(C)n1c(C2CCCN2C(=O)CCC2CCNC2)nc2ccccc21. The zero-order chi connectivity index (χ0) is 18.1. The Kier molecular flexibility index (Phi) is 4.98. The van der Waals surface area contributed by atoms with Gasteiger partial charge in [-0.3, -0.25) is 4.79 Å². The van der Waals surface area contributed by atoms with Crippen LogP contribution in [-0.4, -0.2) is 40.0 Å². The lowest BCUT2D eigenvalue weighted by atomic mass is 10.0. The van der Waals surface area contributed by atoms with Crippen LogP contribution >= 0.6 is 0 Å². The molecule has 0 aliphatic carbocycles. The summed E-state index contributed by atoms with van der Waals surface area (Å²) in [5.74, 6) is 2.04. The molecule has 1 N–H and O–H groups in total. The normalized spacial score (nSPS) is 23.4. The lowest BCUT2D eigenvalue weighted by molar-refractivity contribution is -0.132. The maximum atomic E-state index is 13.0. The van der Waals surface area contributed by atoms with Crippen molar-refractivity contribution in [2.24, 2.45) is 5.92 Å². The van der Waals surface area contributed by atoms with Crippen molar-refractivity contribution in [3.05, 3.63) is 30.1 Å². The topological polar surface area (TPSA) is 50.2 Å². The average Bonchev–Trinajstić information content (AvgIpc) is 3.37. The number of carbonyl (C=O) groups is 1. The van der Waals surface area contributed by atoms with E-state index in [-0.39, 0.29) is 6.04 Å². The van der Waals surface area contributed by atoms with Crippen molar-refractivity contribution >= 4 is 16.9 Å². The third-order valence-electron chi connectivity index (χ3n) is 5.94. The number of aromatic nitrogens is 2. The number of benzene rings is 1. The fraction of sp³-hybridized carbons (Fsp3) is 0.619. The van der Waals surface area contributed by atoms with E-state index in [2.05, 4.69) is 46.8 Å². The van der Waals surface area contributed by atoms with E-state index in [0.29, 0.717) is 24.3 Å². The number of fused-ring (bicyclic) bond motifs is 1. The molecule has 3 heterocycles. The maximum Gasteiger partial charge on any atom is 0.223 e. The average molecular weight is 354 g/mol. The van der Waals surface area contributed by atoms with Gasteiger partial charge in [-0.1, -0.05) is 12.1 Å². The number of para-hydroxylation sites is 2. The van der Waals surface area contributed by atoms with Gasteiger partial charge >= 0.3 is 0 Å². The van der Waals surface area contributed by atoms with Crippen LogP contribution in [0.3, 0.4) is 0 Å². The molecule has 2 aliphatic rings.